The number of nitrogens with zero attached hydrogens (tertiary/aromatic N) is 4. The average Bonchev–Trinajstić information content (AvgIpc) is 3.46. The normalized spacial score (nSPS) is 11.3. The summed E-state index contributed by atoms with van der Waals surface area (Å²) in [7, 11) is 0. The second-order valence-corrected chi connectivity index (χ2v) is 8.62. The summed E-state index contributed by atoms with van der Waals surface area (Å²) in [6.45, 7) is 0. The van der Waals surface area contributed by atoms with Gasteiger partial charge < -0.3 is 0 Å². The second-order valence-electron chi connectivity index (χ2n) is 8.62. The van der Waals surface area contributed by atoms with Gasteiger partial charge in [0.15, 0.2) is 5.54 Å². The van der Waals surface area contributed by atoms with E-state index in [-0.39, 0.29) is 0 Å². The van der Waals surface area contributed by atoms with Gasteiger partial charge in [-0.05, 0) is 33.0 Å². The summed E-state index contributed by atoms with van der Waals surface area (Å²) < 4.78 is 0. The summed E-state index contributed by atoms with van der Waals surface area (Å²) in [5.74, 6) is 0.585. The Morgan fingerprint density at radius 2 is 0.861 bits per heavy atom. The zero-order valence-corrected chi connectivity index (χ0v) is 19.6. The fourth-order valence-corrected chi connectivity index (χ4v) is 4.90. The Balaban J connectivity index is 1.61. The molecule has 0 N–H and O–H groups in total. The van der Waals surface area contributed by atoms with Crippen molar-refractivity contribution in [1.82, 2.24) is 20.2 Å². The molecule has 0 aliphatic carbocycles. The van der Waals surface area contributed by atoms with Crippen molar-refractivity contribution in [3.05, 3.63) is 162 Å². The maximum Gasteiger partial charge on any atom is 0.205 e. The third kappa shape index (κ3) is 3.69. The molecular formula is C32H24N4. The molecule has 0 atom stereocenters. The summed E-state index contributed by atoms with van der Waals surface area (Å²) in [5, 5.41) is 14.4. The first-order valence-electron chi connectivity index (χ1n) is 12.0. The lowest BCUT2D eigenvalue weighted by Crippen LogP contribution is -2.39. The van der Waals surface area contributed by atoms with Crippen molar-refractivity contribution in [2.45, 2.75) is 5.54 Å². The van der Waals surface area contributed by atoms with Crippen molar-refractivity contribution in [2.24, 2.45) is 0 Å². The highest BCUT2D eigenvalue weighted by atomic mass is 15.6. The van der Waals surface area contributed by atoms with Crippen molar-refractivity contribution in [3.63, 3.8) is 0 Å². The first-order chi connectivity index (χ1) is 17.9. The van der Waals surface area contributed by atoms with E-state index in [1.165, 1.54) is 0 Å². The lowest BCUT2D eigenvalue weighted by atomic mass is 9.77. The lowest BCUT2D eigenvalue weighted by molar-refractivity contribution is 0.396. The molecule has 1 heterocycles. The molecule has 0 saturated heterocycles. The molecule has 172 valence electrons. The quantitative estimate of drug-likeness (QED) is 0.253. The van der Waals surface area contributed by atoms with E-state index in [1.807, 2.05) is 48.5 Å². The van der Waals surface area contributed by atoms with Gasteiger partial charge in [-0.15, -0.1) is 15.0 Å². The molecular weight excluding hydrogens is 440 g/mol. The molecule has 0 spiro atoms. The van der Waals surface area contributed by atoms with Crippen LogP contribution >= 0.6 is 0 Å². The molecule has 0 aliphatic heterocycles. The van der Waals surface area contributed by atoms with Gasteiger partial charge >= 0.3 is 0 Å². The Hall–Kier alpha value is -4.83. The molecule has 0 amide bonds. The zero-order valence-electron chi connectivity index (χ0n) is 19.6. The molecule has 0 aliphatic rings. The van der Waals surface area contributed by atoms with Gasteiger partial charge in [0.05, 0.1) is 0 Å². The van der Waals surface area contributed by atoms with Gasteiger partial charge in [0.2, 0.25) is 5.82 Å². The molecule has 6 rings (SSSR count). The van der Waals surface area contributed by atoms with E-state index < -0.39 is 5.54 Å². The molecule has 4 heteroatoms. The summed E-state index contributed by atoms with van der Waals surface area (Å²) in [6, 6.07) is 49.7. The van der Waals surface area contributed by atoms with E-state index in [4.69, 9.17) is 5.10 Å². The van der Waals surface area contributed by atoms with Crippen LogP contribution in [0.2, 0.25) is 0 Å². The Morgan fingerprint density at radius 3 is 1.36 bits per heavy atom. The van der Waals surface area contributed by atoms with Crippen LogP contribution in [-0.4, -0.2) is 20.2 Å². The molecule has 0 bridgehead atoms. The molecule has 36 heavy (non-hydrogen) atoms. The molecule has 0 unspecified atom stereocenters. The smallest absolute Gasteiger partial charge is 0.144 e. The molecule has 0 fully saturated rings. The van der Waals surface area contributed by atoms with E-state index in [2.05, 4.69) is 107 Å². The highest BCUT2D eigenvalue weighted by Crippen LogP contribution is 2.40. The Bertz CT molecular complexity index is 1460. The van der Waals surface area contributed by atoms with Gasteiger partial charge in [0, 0.05) is 5.56 Å². The summed E-state index contributed by atoms with van der Waals surface area (Å²) in [6.07, 6.45) is 0. The third-order valence-electron chi connectivity index (χ3n) is 6.54. The van der Waals surface area contributed by atoms with Crippen molar-refractivity contribution < 1.29 is 0 Å². The van der Waals surface area contributed by atoms with Crippen LogP contribution in [0.3, 0.4) is 0 Å². The summed E-state index contributed by atoms with van der Waals surface area (Å²) in [4.78, 5) is 1.77. The van der Waals surface area contributed by atoms with Gasteiger partial charge in [-0.1, -0.05) is 146 Å². The van der Waals surface area contributed by atoms with Crippen LogP contribution in [0.4, 0.5) is 0 Å². The van der Waals surface area contributed by atoms with E-state index >= 15 is 0 Å². The number of benzene rings is 5. The summed E-state index contributed by atoms with van der Waals surface area (Å²) >= 11 is 0. The van der Waals surface area contributed by atoms with E-state index in [0.29, 0.717) is 5.82 Å². The van der Waals surface area contributed by atoms with Crippen LogP contribution < -0.4 is 0 Å². The summed E-state index contributed by atoms with van der Waals surface area (Å²) in [5.41, 5.74) is 5.51. The van der Waals surface area contributed by atoms with Crippen LogP contribution in [0.15, 0.2) is 146 Å². The SMILES string of the molecule is c1ccc(-c2ccccc2-c2nnn(C(c3ccccc3)(c3ccccc3)c3ccccc3)n2)cc1. The minimum atomic E-state index is -0.795. The van der Waals surface area contributed by atoms with Crippen molar-refractivity contribution in [3.8, 4) is 22.5 Å². The largest absolute Gasteiger partial charge is 0.205 e. The second kappa shape index (κ2) is 9.43. The van der Waals surface area contributed by atoms with E-state index in [1.54, 1.807) is 4.80 Å². The highest BCUT2D eigenvalue weighted by Gasteiger charge is 2.41. The molecule has 5 aromatic carbocycles. The minimum Gasteiger partial charge on any atom is -0.144 e. The average molecular weight is 465 g/mol. The van der Waals surface area contributed by atoms with Gasteiger partial charge in [-0.25, -0.2) is 0 Å². The number of rotatable bonds is 6. The van der Waals surface area contributed by atoms with Crippen LogP contribution in [0.1, 0.15) is 16.7 Å². The van der Waals surface area contributed by atoms with Crippen molar-refractivity contribution in [2.75, 3.05) is 0 Å². The van der Waals surface area contributed by atoms with Gasteiger partial charge in [-0.3, -0.25) is 0 Å². The van der Waals surface area contributed by atoms with E-state index in [9.17, 15) is 0 Å². The number of hydrogen-bond donors (Lipinski definition) is 0. The Kier molecular flexibility index (Phi) is 5.68. The highest BCUT2D eigenvalue weighted by molar-refractivity contribution is 5.80. The van der Waals surface area contributed by atoms with Gasteiger partial charge in [-0.2, -0.15) is 0 Å². The van der Waals surface area contributed by atoms with Crippen LogP contribution in [-0.2, 0) is 5.54 Å². The number of tetrazole rings is 1. The predicted octanol–water partition coefficient (Wildman–Crippen LogP) is 6.85. The van der Waals surface area contributed by atoms with Gasteiger partial charge in [0.25, 0.3) is 0 Å². The van der Waals surface area contributed by atoms with E-state index in [0.717, 1.165) is 33.4 Å². The predicted molar refractivity (Wildman–Crippen MR) is 143 cm³/mol. The zero-order chi connectivity index (χ0) is 24.2. The standard InChI is InChI=1S/C32H24N4/c1-5-15-25(16-6-1)29-23-13-14-24-30(29)31-33-35-36(34-31)32(26-17-7-2-8-18-26,27-19-9-3-10-20-27)28-21-11-4-12-22-28/h1-24H. The first-order valence-corrected chi connectivity index (χ1v) is 12.0. The molecule has 0 saturated carbocycles. The molecule has 0 radical (unpaired) electrons. The topological polar surface area (TPSA) is 43.6 Å². The van der Waals surface area contributed by atoms with Crippen molar-refractivity contribution in [1.29, 1.82) is 0 Å². The van der Waals surface area contributed by atoms with Crippen LogP contribution in [0.25, 0.3) is 22.5 Å². The number of hydrogen-bond acceptors (Lipinski definition) is 3. The number of aromatic nitrogens is 4. The monoisotopic (exact) mass is 464 g/mol. The Labute approximate surface area is 210 Å². The first kappa shape index (κ1) is 21.7. The lowest BCUT2D eigenvalue weighted by Gasteiger charge is -2.34. The molecule has 6 aromatic rings. The van der Waals surface area contributed by atoms with Gasteiger partial charge in [0.1, 0.15) is 0 Å². The van der Waals surface area contributed by atoms with Crippen LogP contribution in [0, 0.1) is 0 Å². The molecule has 4 nitrogen and oxygen atoms in total. The molecule has 1 aromatic heterocycles. The maximum absolute atomic E-state index is 5.06. The van der Waals surface area contributed by atoms with Crippen LogP contribution in [0.5, 0.6) is 0 Å². The maximum atomic E-state index is 5.06. The Morgan fingerprint density at radius 1 is 0.444 bits per heavy atom. The minimum absolute atomic E-state index is 0.585. The van der Waals surface area contributed by atoms with Crippen molar-refractivity contribution >= 4 is 0 Å². The third-order valence-corrected chi connectivity index (χ3v) is 6.54. The fourth-order valence-electron chi connectivity index (χ4n) is 4.90. The fraction of sp³-hybridized carbons (Fsp3) is 0.0312.